The minimum Gasteiger partial charge on any atom is -0.370 e. The zero-order chi connectivity index (χ0) is 24.7. The summed E-state index contributed by atoms with van der Waals surface area (Å²) in [6.07, 6.45) is 0.0992. The van der Waals surface area contributed by atoms with Gasteiger partial charge in [-0.15, -0.1) is 5.10 Å². The molecule has 2 fully saturated rings. The Balaban J connectivity index is 1.63. The summed E-state index contributed by atoms with van der Waals surface area (Å²) in [6, 6.07) is 2.11. The molecule has 0 spiro atoms. The largest absolute Gasteiger partial charge is 0.417 e. The Kier molecular flexibility index (Phi) is 6.55. The Morgan fingerprint density at radius 2 is 1.71 bits per heavy atom. The van der Waals surface area contributed by atoms with Crippen molar-refractivity contribution in [3.8, 4) is 11.4 Å². The monoisotopic (exact) mass is 500 g/mol. The van der Waals surface area contributed by atoms with Crippen molar-refractivity contribution in [1.82, 2.24) is 25.5 Å². The quantitative estimate of drug-likeness (QED) is 0.369. The fraction of sp³-hybridized carbons (Fsp3) is 0.600. The highest BCUT2D eigenvalue weighted by Gasteiger charge is 2.41. The third-order valence-corrected chi connectivity index (χ3v) is 8.11. The van der Waals surface area contributed by atoms with Gasteiger partial charge in [0.15, 0.2) is 11.8 Å². The SMILES string of the molecule is N=C(N)N1CCC(C2CCC(c3ccc(C(F)(F)F)c(S(N)(=O)=O)c3-c3nnn[nH]3)CC2)CC1. The number of nitrogens with one attached hydrogen (secondary N) is 2. The molecule has 2 aliphatic rings. The molecule has 1 aliphatic heterocycles. The van der Waals surface area contributed by atoms with Gasteiger partial charge in [-0.25, -0.2) is 18.7 Å². The van der Waals surface area contributed by atoms with Crippen LogP contribution in [-0.2, 0) is 16.2 Å². The van der Waals surface area contributed by atoms with Crippen LogP contribution in [0.5, 0.6) is 0 Å². The summed E-state index contributed by atoms with van der Waals surface area (Å²) in [5, 5.41) is 25.8. The molecule has 6 N–H and O–H groups in total. The van der Waals surface area contributed by atoms with E-state index in [0.29, 0.717) is 30.2 Å². The molecule has 1 aromatic heterocycles. The Bertz CT molecular complexity index is 1140. The molecule has 0 bridgehead atoms. The number of nitrogens with two attached hydrogens (primary N) is 2. The highest BCUT2D eigenvalue weighted by atomic mass is 32.2. The van der Waals surface area contributed by atoms with Crippen molar-refractivity contribution >= 4 is 16.0 Å². The van der Waals surface area contributed by atoms with E-state index in [2.05, 4.69) is 20.6 Å². The van der Waals surface area contributed by atoms with Gasteiger partial charge in [0.1, 0.15) is 4.90 Å². The van der Waals surface area contributed by atoms with Gasteiger partial charge in [-0.2, -0.15) is 13.2 Å². The number of hydrogen-bond donors (Lipinski definition) is 4. The molecule has 10 nitrogen and oxygen atoms in total. The lowest BCUT2D eigenvalue weighted by Gasteiger charge is -2.39. The fourth-order valence-corrected chi connectivity index (χ4v) is 6.47. The first-order valence-electron chi connectivity index (χ1n) is 11.1. The number of hydrogen-bond acceptors (Lipinski definition) is 6. The van der Waals surface area contributed by atoms with Gasteiger partial charge in [-0.05, 0) is 78.3 Å². The number of likely N-dealkylation sites (tertiary alicyclic amines) is 1. The van der Waals surface area contributed by atoms with Crippen LogP contribution in [-0.4, -0.2) is 53.0 Å². The summed E-state index contributed by atoms with van der Waals surface area (Å²) in [4.78, 5) is 0.853. The van der Waals surface area contributed by atoms with Gasteiger partial charge < -0.3 is 10.6 Å². The third-order valence-electron chi connectivity index (χ3n) is 7.12. The molecular weight excluding hydrogens is 473 g/mol. The number of benzene rings is 1. The maximum absolute atomic E-state index is 13.7. The summed E-state index contributed by atoms with van der Waals surface area (Å²) >= 11 is 0. The van der Waals surface area contributed by atoms with E-state index in [0.717, 1.165) is 44.8 Å². The molecule has 2 aromatic rings. The van der Waals surface area contributed by atoms with Crippen molar-refractivity contribution < 1.29 is 21.6 Å². The maximum Gasteiger partial charge on any atom is 0.417 e. The van der Waals surface area contributed by atoms with Crippen LogP contribution in [0, 0.1) is 17.2 Å². The van der Waals surface area contributed by atoms with Crippen LogP contribution in [0.4, 0.5) is 13.2 Å². The van der Waals surface area contributed by atoms with Gasteiger partial charge in [0.25, 0.3) is 0 Å². The molecule has 34 heavy (non-hydrogen) atoms. The lowest BCUT2D eigenvalue weighted by atomic mass is 9.70. The first kappa shape index (κ1) is 24.4. The predicted octanol–water partition coefficient (Wildman–Crippen LogP) is 2.41. The molecule has 0 atom stereocenters. The minimum atomic E-state index is -4.92. The molecule has 14 heteroatoms. The van der Waals surface area contributed by atoms with E-state index < -0.39 is 26.7 Å². The number of aromatic nitrogens is 4. The third kappa shape index (κ3) is 4.87. The van der Waals surface area contributed by atoms with Crippen LogP contribution < -0.4 is 10.9 Å². The lowest BCUT2D eigenvalue weighted by molar-refractivity contribution is -0.139. The van der Waals surface area contributed by atoms with Crippen LogP contribution in [0.15, 0.2) is 17.0 Å². The number of alkyl halides is 3. The van der Waals surface area contributed by atoms with Crippen molar-refractivity contribution in [3.63, 3.8) is 0 Å². The van der Waals surface area contributed by atoms with Crippen LogP contribution >= 0.6 is 0 Å². The van der Waals surface area contributed by atoms with E-state index in [-0.39, 0.29) is 23.3 Å². The number of nitrogens with zero attached hydrogens (tertiary/aromatic N) is 4. The normalized spacial score (nSPS) is 22.6. The van der Waals surface area contributed by atoms with E-state index in [4.69, 9.17) is 16.3 Å². The molecule has 1 aliphatic carbocycles. The molecule has 0 radical (unpaired) electrons. The number of piperidine rings is 1. The number of tetrazole rings is 1. The van der Waals surface area contributed by atoms with Crippen molar-refractivity contribution in [2.24, 2.45) is 22.7 Å². The average Bonchev–Trinajstić information content (AvgIpc) is 3.32. The zero-order valence-electron chi connectivity index (χ0n) is 18.3. The van der Waals surface area contributed by atoms with Crippen LogP contribution in [0.1, 0.15) is 55.6 Å². The van der Waals surface area contributed by atoms with Gasteiger partial charge in [0.05, 0.1) is 5.56 Å². The summed E-state index contributed by atoms with van der Waals surface area (Å²) in [5.74, 6) is 0.736. The number of rotatable bonds is 4. The molecule has 186 valence electrons. The Hall–Kier alpha value is -2.74. The minimum absolute atomic E-state index is 0.0876. The van der Waals surface area contributed by atoms with Gasteiger partial charge in [-0.1, -0.05) is 6.07 Å². The summed E-state index contributed by atoms with van der Waals surface area (Å²) in [6.45, 7) is 1.50. The molecule has 0 amide bonds. The summed E-state index contributed by atoms with van der Waals surface area (Å²) < 4.78 is 65.8. The molecular formula is C20H27F3N8O2S. The topological polar surface area (TPSA) is 168 Å². The highest BCUT2D eigenvalue weighted by Crippen LogP contribution is 2.47. The molecule has 4 rings (SSSR count). The van der Waals surface area contributed by atoms with Crippen LogP contribution in [0.2, 0.25) is 0 Å². The number of halogens is 3. The lowest BCUT2D eigenvalue weighted by Crippen LogP contribution is -2.43. The van der Waals surface area contributed by atoms with E-state index in [9.17, 15) is 21.6 Å². The van der Waals surface area contributed by atoms with E-state index in [1.54, 1.807) is 0 Å². The first-order chi connectivity index (χ1) is 16.0. The standard InChI is InChI=1S/C20H27F3N8O2S/c21-20(22,23)15-6-5-14(16(17(15)34(26,32)33)18-27-29-30-28-18)13-3-1-11(2-4-13)12-7-9-31(10-8-12)19(24)25/h5-6,11-13H,1-4,7-10H2,(H3,24,25)(H2,26,32,33)(H,27,28,29,30). The second kappa shape index (κ2) is 9.13. The van der Waals surface area contributed by atoms with E-state index in [1.807, 2.05) is 4.90 Å². The second-order valence-corrected chi connectivity index (χ2v) is 10.5. The second-order valence-electron chi connectivity index (χ2n) is 9.02. The van der Waals surface area contributed by atoms with Crippen molar-refractivity contribution in [2.45, 2.75) is 55.5 Å². The number of aromatic amines is 1. The van der Waals surface area contributed by atoms with Crippen molar-refractivity contribution in [3.05, 3.63) is 23.3 Å². The highest BCUT2D eigenvalue weighted by molar-refractivity contribution is 7.89. The molecule has 1 saturated heterocycles. The number of sulfonamides is 1. The maximum atomic E-state index is 13.7. The number of guanidine groups is 1. The predicted molar refractivity (Wildman–Crippen MR) is 117 cm³/mol. The molecule has 1 saturated carbocycles. The van der Waals surface area contributed by atoms with Gasteiger partial charge >= 0.3 is 6.18 Å². The summed E-state index contributed by atoms with van der Waals surface area (Å²) in [5.41, 5.74) is 4.48. The molecule has 2 heterocycles. The molecule has 0 unspecified atom stereocenters. The van der Waals surface area contributed by atoms with Gasteiger partial charge in [0.2, 0.25) is 10.0 Å². The first-order valence-corrected chi connectivity index (χ1v) is 12.6. The van der Waals surface area contributed by atoms with E-state index in [1.165, 1.54) is 6.07 Å². The number of H-pyrrole nitrogens is 1. The van der Waals surface area contributed by atoms with Crippen LogP contribution in [0.3, 0.4) is 0 Å². The van der Waals surface area contributed by atoms with Gasteiger partial charge in [-0.3, -0.25) is 5.41 Å². The zero-order valence-corrected chi connectivity index (χ0v) is 19.2. The smallest absolute Gasteiger partial charge is 0.370 e. The Labute approximate surface area is 194 Å². The summed E-state index contributed by atoms with van der Waals surface area (Å²) in [7, 11) is -4.74. The van der Waals surface area contributed by atoms with Crippen molar-refractivity contribution in [1.29, 1.82) is 5.41 Å². The fourth-order valence-electron chi connectivity index (χ4n) is 5.48. The average molecular weight is 501 g/mol. The number of primary sulfonamides is 1. The van der Waals surface area contributed by atoms with Gasteiger partial charge in [0, 0.05) is 18.7 Å². The van der Waals surface area contributed by atoms with E-state index >= 15 is 0 Å². The Morgan fingerprint density at radius 1 is 1.09 bits per heavy atom. The molecule has 1 aromatic carbocycles. The Morgan fingerprint density at radius 3 is 2.21 bits per heavy atom. The van der Waals surface area contributed by atoms with Crippen molar-refractivity contribution in [2.75, 3.05) is 13.1 Å². The van der Waals surface area contributed by atoms with Crippen LogP contribution in [0.25, 0.3) is 11.4 Å².